The topological polar surface area (TPSA) is 49.9 Å². The van der Waals surface area contributed by atoms with Crippen molar-refractivity contribution >= 4 is 23.4 Å². The molecule has 3 rings (SSSR count). The third kappa shape index (κ3) is 5.33. The quantitative estimate of drug-likeness (QED) is 0.696. The number of carbonyl (C=O) groups excluding carboxylic acids is 2. The summed E-state index contributed by atoms with van der Waals surface area (Å²) in [5.41, 5.74) is 0.922. The average Bonchev–Trinajstić information content (AvgIpc) is 2.74. The van der Waals surface area contributed by atoms with E-state index in [0.29, 0.717) is 29.2 Å². The minimum absolute atomic E-state index is 0.0110. The summed E-state index contributed by atoms with van der Waals surface area (Å²) in [4.78, 5) is 29.0. The molecule has 2 amide bonds. The number of amides is 2. The fraction of sp³-hybridized carbons (Fsp3) is 0.417. The Hall–Kier alpha value is -2.53. The summed E-state index contributed by atoms with van der Waals surface area (Å²) < 4.78 is 6.00. The Kier molecular flexibility index (Phi) is 6.71. The molecule has 0 unspecified atom stereocenters. The van der Waals surface area contributed by atoms with Gasteiger partial charge in [-0.1, -0.05) is 11.6 Å². The van der Waals surface area contributed by atoms with E-state index in [1.54, 1.807) is 36.2 Å². The van der Waals surface area contributed by atoms with Crippen molar-refractivity contribution in [2.45, 2.75) is 45.3 Å². The largest absolute Gasteiger partial charge is 0.490 e. The lowest BCUT2D eigenvalue weighted by molar-refractivity contribution is 0.0593. The standard InChI is InChI=1S/C24H29ClN2O3/c1-24(2,3)26(4)22(28)17-5-7-18(8-6-17)23(29)27-15-13-21(14-16-27)30-20-11-9-19(25)10-12-20/h5-12,21H,13-16H2,1-4H3. The minimum Gasteiger partial charge on any atom is -0.490 e. The molecule has 160 valence electrons. The number of ether oxygens (including phenoxy) is 1. The summed E-state index contributed by atoms with van der Waals surface area (Å²) in [5.74, 6) is 0.731. The van der Waals surface area contributed by atoms with Crippen LogP contribution in [-0.2, 0) is 0 Å². The van der Waals surface area contributed by atoms with E-state index in [2.05, 4.69) is 0 Å². The fourth-order valence-corrected chi connectivity index (χ4v) is 3.44. The van der Waals surface area contributed by atoms with Crippen molar-refractivity contribution in [3.05, 3.63) is 64.7 Å². The van der Waals surface area contributed by atoms with Crippen LogP contribution in [0.5, 0.6) is 5.75 Å². The minimum atomic E-state index is -0.260. The van der Waals surface area contributed by atoms with Gasteiger partial charge in [0.2, 0.25) is 0 Å². The second-order valence-electron chi connectivity index (χ2n) is 8.68. The molecular weight excluding hydrogens is 400 g/mol. The van der Waals surface area contributed by atoms with E-state index in [9.17, 15) is 9.59 Å². The fourth-order valence-electron chi connectivity index (χ4n) is 3.32. The summed E-state index contributed by atoms with van der Waals surface area (Å²) >= 11 is 5.91. The van der Waals surface area contributed by atoms with Gasteiger partial charge in [-0.25, -0.2) is 0 Å². The van der Waals surface area contributed by atoms with Gasteiger partial charge in [-0.15, -0.1) is 0 Å². The number of carbonyl (C=O) groups is 2. The van der Waals surface area contributed by atoms with Gasteiger partial charge < -0.3 is 14.5 Å². The molecule has 0 spiro atoms. The first-order valence-corrected chi connectivity index (χ1v) is 10.6. The zero-order valence-corrected chi connectivity index (χ0v) is 18.8. The van der Waals surface area contributed by atoms with Gasteiger partial charge >= 0.3 is 0 Å². The number of hydrogen-bond acceptors (Lipinski definition) is 3. The van der Waals surface area contributed by atoms with Gasteiger partial charge in [0.1, 0.15) is 11.9 Å². The van der Waals surface area contributed by atoms with Gasteiger partial charge in [0.15, 0.2) is 0 Å². The maximum Gasteiger partial charge on any atom is 0.254 e. The van der Waals surface area contributed by atoms with Crippen LogP contribution in [0.2, 0.25) is 5.02 Å². The van der Waals surface area contributed by atoms with Crippen molar-refractivity contribution in [1.29, 1.82) is 0 Å². The molecule has 6 heteroatoms. The Labute approximate surface area is 183 Å². The molecule has 0 radical (unpaired) electrons. The van der Waals surface area contributed by atoms with E-state index in [4.69, 9.17) is 16.3 Å². The van der Waals surface area contributed by atoms with Crippen LogP contribution in [0.1, 0.15) is 54.3 Å². The van der Waals surface area contributed by atoms with E-state index >= 15 is 0 Å². The lowest BCUT2D eigenvalue weighted by Gasteiger charge is -2.33. The van der Waals surface area contributed by atoms with Gasteiger partial charge in [0, 0.05) is 54.7 Å². The Morgan fingerprint density at radius 1 is 0.967 bits per heavy atom. The second-order valence-corrected chi connectivity index (χ2v) is 9.11. The highest BCUT2D eigenvalue weighted by Crippen LogP contribution is 2.22. The van der Waals surface area contributed by atoms with Gasteiger partial charge in [-0.05, 0) is 69.3 Å². The van der Waals surface area contributed by atoms with E-state index < -0.39 is 0 Å². The monoisotopic (exact) mass is 428 g/mol. The number of nitrogens with zero attached hydrogens (tertiary/aromatic N) is 2. The molecule has 30 heavy (non-hydrogen) atoms. The maximum absolute atomic E-state index is 12.9. The molecule has 1 heterocycles. The van der Waals surface area contributed by atoms with Gasteiger partial charge in [0.25, 0.3) is 11.8 Å². The van der Waals surface area contributed by atoms with Crippen molar-refractivity contribution in [3.8, 4) is 5.75 Å². The summed E-state index contributed by atoms with van der Waals surface area (Å²) in [6.07, 6.45) is 1.64. The molecule has 1 aliphatic rings. The summed E-state index contributed by atoms with van der Waals surface area (Å²) in [5, 5.41) is 0.681. The van der Waals surface area contributed by atoms with Crippen LogP contribution >= 0.6 is 11.6 Å². The first-order valence-electron chi connectivity index (χ1n) is 10.2. The third-order valence-electron chi connectivity index (χ3n) is 5.54. The van der Waals surface area contributed by atoms with Crippen LogP contribution in [0, 0.1) is 0 Å². The highest BCUT2D eigenvalue weighted by molar-refractivity contribution is 6.30. The smallest absolute Gasteiger partial charge is 0.254 e. The summed E-state index contributed by atoms with van der Waals surface area (Å²) in [6.45, 7) is 7.25. The normalized spacial score (nSPS) is 15.0. The number of likely N-dealkylation sites (tertiary alicyclic amines) is 1. The molecule has 1 saturated heterocycles. The Morgan fingerprint density at radius 3 is 2.03 bits per heavy atom. The van der Waals surface area contributed by atoms with E-state index in [-0.39, 0.29) is 23.5 Å². The molecule has 1 fully saturated rings. The predicted octanol–water partition coefficient (Wildman–Crippen LogP) is 4.89. The second kappa shape index (κ2) is 9.09. The van der Waals surface area contributed by atoms with Crippen molar-refractivity contribution in [3.63, 3.8) is 0 Å². The van der Waals surface area contributed by atoms with Crippen molar-refractivity contribution in [2.75, 3.05) is 20.1 Å². The van der Waals surface area contributed by atoms with Gasteiger partial charge in [-0.3, -0.25) is 9.59 Å². The highest BCUT2D eigenvalue weighted by Gasteiger charge is 2.26. The Morgan fingerprint density at radius 2 is 1.50 bits per heavy atom. The molecule has 2 aromatic rings. The lowest BCUT2D eigenvalue weighted by Crippen LogP contribution is -2.42. The third-order valence-corrected chi connectivity index (χ3v) is 5.79. The number of rotatable bonds is 4. The molecule has 5 nitrogen and oxygen atoms in total. The SMILES string of the molecule is CN(C(=O)c1ccc(C(=O)N2CCC(Oc3ccc(Cl)cc3)CC2)cc1)C(C)(C)C. The molecule has 0 saturated carbocycles. The molecule has 0 atom stereocenters. The van der Waals surface area contributed by atoms with E-state index in [1.807, 2.05) is 49.9 Å². The number of piperidine rings is 1. The summed E-state index contributed by atoms with van der Waals surface area (Å²) in [6, 6.07) is 14.3. The van der Waals surface area contributed by atoms with Crippen molar-refractivity contribution < 1.29 is 14.3 Å². The van der Waals surface area contributed by atoms with Crippen LogP contribution in [0.25, 0.3) is 0 Å². The van der Waals surface area contributed by atoms with E-state index in [1.165, 1.54) is 0 Å². The maximum atomic E-state index is 12.9. The zero-order valence-electron chi connectivity index (χ0n) is 18.0. The lowest BCUT2D eigenvalue weighted by atomic mass is 10.0. The number of benzene rings is 2. The van der Waals surface area contributed by atoms with Gasteiger partial charge in [0.05, 0.1) is 0 Å². The summed E-state index contributed by atoms with van der Waals surface area (Å²) in [7, 11) is 1.79. The van der Waals surface area contributed by atoms with Crippen LogP contribution in [0.4, 0.5) is 0 Å². The Bertz CT molecular complexity index is 880. The Balaban J connectivity index is 1.56. The highest BCUT2D eigenvalue weighted by atomic mass is 35.5. The molecule has 1 aliphatic heterocycles. The molecule has 0 N–H and O–H groups in total. The average molecular weight is 429 g/mol. The van der Waals surface area contributed by atoms with E-state index in [0.717, 1.165) is 18.6 Å². The van der Waals surface area contributed by atoms with Crippen LogP contribution in [-0.4, -0.2) is 53.4 Å². The predicted molar refractivity (Wildman–Crippen MR) is 119 cm³/mol. The van der Waals surface area contributed by atoms with Gasteiger partial charge in [-0.2, -0.15) is 0 Å². The van der Waals surface area contributed by atoms with Crippen LogP contribution in [0.3, 0.4) is 0 Å². The molecular formula is C24H29ClN2O3. The first-order chi connectivity index (χ1) is 14.1. The van der Waals surface area contributed by atoms with Crippen molar-refractivity contribution in [2.24, 2.45) is 0 Å². The first kappa shape index (κ1) is 22.2. The molecule has 2 aromatic carbocycles. The van der Waals surface area contributed by atoms with Crippen LogP contribution in [0.15, 0.2) is 48.5 Å². The molecule has 0 aliphatic carbocycles. The molecule has 0 bridgehead atoms. The van der Waals surface area contributed by atoms with Crippen molar-refractivity contribution in [1.82, 2.24) is 9.80 Å². The number of halogens is 1. The zero-order chi connectivity index (χ0) is 21.9. The molecule has 0 aromatic heterocycles. The van der Waals surface area contributed by atoms with Crippen LogP contribution < -0.4 is 4.74 Å². The number of hydrogen-bond donors (Lipinski definition) is 0.